The second-order valence-corrected chi connectivity index (χ2v) is 21.7. The van der Waals surface area contributed by atoms with E-state index in [-0.39, 0.29) is 83.7 Å². The molecule has 7 heterocycles. The Labute approximate surface area is 423 Å². The average Bonchev–Trinajstić information content (AvgIpc) is 3.58. The van der Waals surface area contributed by atoms with Gasteiger partial charge in [-0.15, -0.1) is 0 Å². The van der Waals surface area contributed by atoms with E-state index in [1.807, 2.05) is 17.9 Å². The number of benzene rings is 3. The summed E-state index contributed by atoms with van der Waals surface area (Å²) < 4.78 is 65.1. The van der Waals surface area contributed by atoms with Crippen molar-refractivity contribution in [2.45, 2.75) is 119 Å². The predicted octanol–water partition coefficient (Wildman–Crippen LogP) is 7.88. The molecule has 3 saturated heterocycles. The van der Waals surface area contributed by atoms with Crippen LogP contribution in [0.4, 0.5) is 28.9 Å². The van der Waals surface area contributed by atoms with Gasteiger partial charge in [-0.25, -0.2) is 4.39 Å². The van der Waals surface area contributed by atoms with Crippen LogP contribution in [0.5, 0.6) is 5.75 Å². The number of ether oxygens (including phenoxy) is 1. The zero-order valence-electron chi connectivity index (χ0n) is 40.0. The number of fused-ring (bicyclic) bond motifs is 5. The highest BCUT2D eigenvalue weighted by Crippen LogP contribution is 2.63. The van der Waals surface area contributed by atoms with Gasteiger partial charge in [-0.1, -0.05) is 60.9 Å². The summed E-state index contributed by atoms with van der Waals surface area (Å²) in [6.07, 6.45) is 2.66. The molecule has 12 rings (SSSR count). The number of alkyl halides is 3. The minimum atomic E-state index is -4.69. The van der Waals surface area contributed by atoms with Crippen molar-refractivity contribution in [1.29, 1.82) is 0 Å². The van der Waals surface area contributed by atoms with E-state index in [4.69, 9.17) is 16.3 Å². The maximum Gasteiger partial charge on any atom is 0.433 e. The highest BCUT2D eigenvalue weighted by atomic mass is 35.5. The lowest BCUT2D eigenvalue weighted by molar-refractivity contribution is -0.141. The van der Waals surface area contributed by atoms with Crippen LogP contribution in [-0.4, -0.2) is 94.2 Å². The Bertz CT molecular complexity index is 3110. The molecule has 3 N–H and O–H groups in total. The number of anilines is 2. The number of hydrogen-bond acceptors (Lipinski definition) is 9. The number of amides is 5. The number of carbonyl (C=O) groups is 5. The number of rotatable bonds is 4. The normalized spacial score (nSPS) is 27.5. The topological polar surface area (TPSA) is 153 Å². The molecular formula is C55H52ClF4N7O6. The highest BCUT2D eigenvalue weighted by molar-refractivity contribution is 6.30. The summed E-state index contributed by atoms with van der Waals surface area (Å²) in [5, 5.41) is 9.22. The minimum absolute atomic E-state index is 0.0281. The molecule has 0 radical (unpaired) electrons. The molecule has 3 spiro atoms. The maximum absolute atomic E-state index is 16.6. The first-order valence-corrected chi connectivity index (χ1v) is 25.6. The number of likely N-dealkylation sites (tertiary alicyclic amines) is 1. The zero-order valence-corrected chi connectivity index (χ0v) is 40.7. The molecule has 6 aliphatic heterocycles. The van der Waals surface area contributed by atoms with Crippen LogP contribution in [0.1, 0.15) is 126 Å². The Balaban J connectivity index is 0.777. The van der Waals surface area contributed by atoms with Gasteiger partial charge in [0.2, 0.25) is 17.7 Å². The van der Waals surface area contributed by atoms with Crippen molar-refractivity contribution < 1.29 is 46.3 Å². The van der Waals surface area contributed by atoms with E-state index in [0.29, 0.717) is 54.1 Å². The van der Waals surface area contributed by atoms with Crippen LogP contribution in [-0.2, 0) is 32.5 Å². The largest absolute Gasteiger partial charge is 0.487 e. The van der Waals surface area contributed by atoms with Crippen molar-refractivity contribution in [2.75, 3.05) is 36.4 Å². The van der Waals surface area contributed by atoms with Crippen molar-refractivity contribution in [3.63, 3.8) is 0 Å². The Morgan fingerprint density at radius 3 is 2.52 bits per heavy atom. The van der Waals surface area contributed by atoms with Crippen LogP contribution >= 0.6 is 11.6 Å². The molecule has 2 aliphatic carbocycles. The Morgan fingerprint density at radius 2 is 1.75 bits per heavy atom. The van der Waals surface area contributed by atoms with Crippen molar-refractivity contribution in [3.8, 4) is 17.6 Å². The molecule has 6 atom stereocenters. The molecule has 13 nitrogen and oxygen atoms in total. The number of halogens is 5. The second kappa shape index (κ2) is 17.3. The smallest absolute Gasteiger partial charge is 0.433 e. The Kier molecular flexibility index (Phi) is 11.3. The lowest BCUT2D eigenvalue weighted by Crippen LogP contribution is -2.58. The van der Waals surface area contributed by atoms with E-state index in [9.17, 15) is 32.3 Å². The van der Waals surface area contributed by atoms with Gasteiger partial charge >= 0.3 is 6.18 Å². The molecular weight excluding hydrogens is 966 g/mol. The first-order chi connectivity index (χ1) is 35.0. The summed E-state index contributed by atoms with van der Waals surface area (Å²) in [5.41, 5.74) is 0.816. The molecule has 73 heavy (non-hydrogen) atoms. The molecule has 8 aliphatic rings. The SMILES string of the molecule is C[C@H]1CN(C(=O)[C@@H]2NC3(CCCCC3)[C@@]3(CNc4cc(C(F)(F)F)ncc43)[C@H]2c2cccc(Cl)c2F)c2ccc(C(=O)N3CCC4(CC3)C[C@H]4C#Cc3cccc4c3CN([C@H]3CCC(=O)NC3=O)C4=O)cc2O1. The number of pyridine rings is 1. The van der Waals surface area contributed by atoms with E-state index < -0.39 is 58.7 Å². The predicted molar refractivity (Wildman–Crippen MR) is 260 cm³/mol. The number of hydrogen-bond donors (Lipinski definition) is 3. The van der Waals surface area contributed by atoms with Crippen LogP contribution in [0.2, 0.25) is 5.02 Å². The van der Waals surface area contributed by atoms with Crippen molar-refractivity contribution >= 4 is 52.5 Å². The van der Waals surface area contributed by atoms with Crippen LogP contribution in [0.25, 0.3) is 0 Å². The number of carbonyl (C=O) groups excluding carboxylic acids is 5. The van der Waals surface area contributed by atoms with Crippen molar-refractivity contribution in [2.24, 2.45) is 11.3 Å². The number of nitrogens with one attached hydrogen (secondary N) is 3. The number of nitrogens with zero attached hydrogens (tertiary/aromatic N) is 4. The number of piperidine rings is 2. The van der Waals surface area contributed by atoms with Gasteiger partial charge in [0.05, 0.1) is 23.3 Å². The molecule has 3 aromatic carbocycles. The Hall–Kier alpha value is -6.51. The fourth-order valence-electron chi connectivity index (χ4n) is 13.7. The summed E-state index contributed by atoms with van der Waals surface area (Å²) in [4.78, 5) is 76.4. The van der Waals surface area contributed by atoms with Gasteiger partial charge in [0, 0.05) is 89.5 Å². The van der Waals surface area contributed by atoms with Gasteiger partial charge in [0.15, 0.2) is 0 Å². The zero-order chi connectivity index (χ0) is 50.8. The van der Waals surface area contributed by atoms with E-state index >= 15 is 9.18 Å². The van der Waals surface area contributed by atoms with Gasteiger partial charge in [-0.3, -0.25) is 39.6 Å². The molecule has 18 heteroatoms. The molecule has 0 unspecified atom stereocenters. The van der Waals surface area contributed by atoms with Crippen LogP contribution in [0.15, 0.2) is 66.9 Å². The fraction of sp³-hybridized carbons (Fsp3) is 0.455. The standard InChI is InChI=1S/C55H52ClF4N7O6/c1-30-27-66(51(72)47-45(35-9-6-10-38(56)46(35)57)54(53(64-47)17-3-2-4-18-53)29-62-39-24-43(55(58,59)60)61-26-37(39)54)40-14-12-32(23-42(40)73-30)49(70)65-21-19-52(20-22-65)25-33(52)13-11-31-7-5-8-34-36(31)28-67(50(34)71)41-15-16-44(68)63-48(41)69/h5-10,12,14,23-24,26,30,33,41,45,47,62,64H,2-4,15-22,25,27-29H2,1H3,(H,63,68,69)/t30-,33+,41-,45-,47+,54+/m0/s1. The first kappa shape index (κ1) is 47.5. The number of imide groups is 1. The third kappa shape index (κ3) is 7.59. The average molecular weight is 1020 g/mol. The molecule has 378 valence electrons. The van der Waals surface area contributed by atoms with Gasteiger partial charge < -0.3 is 24.8 Å². The summed E-state index contributed by atoms with van der Waals surface area (Å²) in [7, 11) is 0. The monoisotopic (exact) mass is 1020 g/mol. The molecule has 5 amide bonds. The number of aromatic nitrogens is 1. The molecule has 2 saturated carbocycles. The van der Waals surface area contributed by atoms with E-state index in [0.717, 1.165) is 55.7 Å². The second-order valence-electron chi connectivity index (χ2n) is 21.3. The quantitative estimate of drug-likeness (QED) is 0.105. The van der Waals surface area contributed by atoms with Gasteiger partial charge in [-0.2, -0.15) is 13.2 Å². The first-order valence-electron chi connectivity index (χ1n) is 25.2. The summed E-state index contributed by atoms with van der Waals surface area (Å²) >= 11 is 6.48. The lowest BCUT2D eigenvalue weighted by Gasteiger charge is -2.48. The Morgan fingerprint density at radius 1 is 0.973 bits per heavy atom. The summed E-state index contributed by atoms with van der Waals surface area (Å²) in [6, 6.07) is 14.4. The third-order valence-corrected chi connectivity index (χ3v) is 17.7. The summed E-state index contributed by atoms with van der Waals surface area (Å²) in [5.74, 6) is 4.08. The van der Waals surface area contributed by atoms with Crippen molar-refractivity contribution in [1.82, 2.24) is 25.4 Å². The maximum atomic E-state index is 16.6. The van der Waals surface area contributed by atoms with Gasteiger partial charge in [-0.05, 0) is 104 Å². The van der Waals surface area contributed by atoms with E-state index in [2.05, 4.69) is 32.8 Å². The van der Waals surface area contributed by atoms with Crippen LogP contribution in [0.3, 0.4) is 0 Å². The van der Waals surface area contributed by atoms with E-state index in [1.165, 1.54) is 17.2 Å². The summed E-state index contributed by atoms with van der Waals surface area (Å²) in [6.45, 7) is 3.41. The molecule has 5 fully saturated rings. The molecule has 0 bridgehead atoms. The van der Waals surface area contributed by atoms with E-state index in [1.54, 1.807) is 47.4 Å². The van der Waals surface area contributed by atoms with Gasteiger partial charge in [0.1, 0.15) is 29.4 Å². The fourth-order valence-corrected chi connectivity index (χ4v) is 13.8. The lowest BCUT2D eigenvalue weighted by atomic mass is 9.56. The third-order valence-electron chi connectivity index (χ3n) is 17.4. The van der Waals surface area contributed by atoms with Crippen LogP contribution < -0.4 is 25.6 Å². The van der Waals surface area contributed by atoms with Gasteiger partial charge in [0.25, 0.3) is 11.8 Å². The van der Waals surface area contributed by atoms with Crippen LogP contribution in [0, 0.1) is 29.0 Å². The molecule has 4 aromatic rings. The highest BCUT2D eigenvalue weighted by Gasteiger charge is 2.69. The molecule has 1 aromatic heterocycles. The van der Waals surface area contributed by atoms with Crippen molar-refractivity contribution in [3.05, 3.63) is 117 Å². The minimum Gasteiger partial charge on any atom is -0.487 e.